The van der Waals surface area contributed by atoms with Gasteiger partial charge in [-0.25, -0.2) is 4.79 Å². The van der Waals surface area contributed by atoms with Crippen LogP contribution in [0.5, 0.6) is 0 Å². The number of rotatable bonds is 5. The number of carbonyl (C=O) groups is 1. The molecule has 5 nitrogen and oxygen atoms in total. The maximum atomic E-state index is 11.0. The fourth-order valence-electron chi connectivity index (χ4n) is 1.17. The molecule has 0 saturated carbocycles. The zero-order valence-corrected chi connectivity index (χ0v) is 8.69. The van der Waals surface area contributed by atoms with Gasteiger partial charge in [-0.15, -0.1) is 0 Å². The molecule has 0 bridgehead atoms. The highest BCUT2D eigenvalue weighted by atomic mass is 16.4. The van der Waals surface area contributed by atoms with E-state index in [0.717, 1.165) is 0 Å². The maximum Gasteiger partial charge on any atom is 0.314 e. The lowest BCUT2D eigenvalue weighted by atomic mass is 10.2. The summed E-state index contributed by atoms with van der Waals surface area (Å²) >= 11 is 0. The van der Waals surface area contributed by atoms with Gasteiger partial charge < -0.3 is 20.2 Å². The molecular formula is C10H16N2O3. The second kappa shape index (κ2) is 6.08. The molecule has 15 heavy (non-hydrogen) atoms. The molecule has 1 aromatic heterocycles. The fourth-order valence-corrected chi connectivity index (χ4v) is 1.17. The van der Waals surface area contributed by atoms with Crippen molar-refractivity contribution in [2.24, 2.45) is 0 Å². The maximum absolute atomic E-state index is 11.0. The first-order chi connectivity index (χ1) is 7.24. The molecular weight excluding hydrogens is 196 g/mol. The summed E-state index contributed by atoms with van der Waals surface area (Å²) in [6.45, 7) is 2.84. The molecule has 0 fully saturated rings. The molecule has 2 amide bonds. The number of nitrogens with one attached hydrogen (secondary N) is 2. The van der Waals surface area contributed by atoms with E-state index in [1.807, 2.05) is 6.92 Å². The molecule has 0 saturated heterocycles. The fraction of sp³-hybridized carbons (Fsp3) is 0.500. The van der Waals surface area contributed by atoms with Crippen LogP contribution in [-0.2, 0) is 0 Å². The summed E-state index contributed by atoms with van der Waals surface area (Å²) in [6, 6.07) is 3.20. The molecule has 0 spiro atoms. The highest BCUT2D eigenvalue weighted by Crippen LogP contribution is 2.15. The van der Waals surface area contributed by atoms with Crippen LogP contribution in [0.4, 0.5) is 4.79 Å². The molecule has 1 atom stereocenters. The molecule has 1 rings (SSSR count). The molecule has 3 N–H and O–H groups in total. The zero-order valence-electron chi connectivity index (χ0n) is 8.69. The summed E-state index contributed by atoms with van der Waals surface area (Å²) in [6.07, 6.45) is 1.28. The van der Waals surface area contributed by atoms with E-state index >= 15 is 0 Å². The van der Waals surface area contributed by atoms with Crippen molar-refractivity contribution >= 4 is 6.03 Å². The van der Waals surface area contributed by atoms with Crippen molar-refractivity contribution in [2.45, 2.75) is 19.4 Å². The normalized spacial score (nSPS) is 12.1. The highest BCUT2D eigenvalue weighted by molar-refractivity contribution is 5.73. The Morgan fingerprint density at radius 1 is 1.60 bits per heavy atom. The van der Waals surface area contributed by atoms with Crippen molar-refractivity contribution in [2.75, 3.05) is 13.1 Å². The summed E-state index contributed by atoms with van der Waals surface area (Å²) < 4.78 is 5.02. The molecule has 84 valence electrons. The third-order valence-corrected chi connectivity index (χ3v) is 1.91. The summed E-state index contributed by atoms with van der Waals surface area (Å²) in [5.41, 5.74) is 0. The largest absolute Gasteiger partial charge is 0.467 e. The van der Waals surface area contributed by atoms with E-state index in [-0.39, 0.29) is 6.03 Å². The first kappa shape index (κ1) is 11.6. The summed E-state index contributed by atoms with van der Waals surface area (Å²) in [5.74, 6) is 0.521. The number of urea groups is 1. The summed E-state index contributed by atoms with van der Waals surface area (Å²) in [4.78, 5) is 11.0. The lowest BCUT2D eigenvalue weighted by Gasteiger charge is -2.09. The third-order valence-electron chi connectivity index (χ3n) is 1.91. The Morgan fingerprint density at radius 2 is 2.40 bits per heavy atom. The van der Waals surface area contributed by atoms with Gasteiger partial charge in [-0.3, -0.25) is 0 Å². The minimum atomic E-state index is -0.665. The van der Waals surface area contributed by atoms with Crippen LogP contribution in [0.1, 0.15) is 25.2 Å². The standard InChI is InChI=1S/C10H16N2O3/c1-2-11-10(14)12-6-5-8(13)9-4-3-7-15-9/h3-4,7-8,13H,2,5-6H2,1H3,(H2,11,12,14). The molecule has 0 aliphatic rings. The van der Waals surface area contributed by atoms with Gasteiger partial charge in [0.05, 0.1) is 6.26 Å². The number of aliphatic hydroxyl groups excluding tert-OH is 1. The summed E-state index contributed by atoms with van der Waals surface area (Å²) in [7, 11) is 0. The molecule has 5 heteroatoms. The Balaban J connectivity index is 2.18. The average molecular weight is 212 g/mol. The van der Waals surface area contributed by atoms with Crippen LogP contribution in [0.25, 0.3) is 0 Å². The van der Waals surface area contributed by atoms with Crippen molar-refractivity contribution in [3.05, 3.63) is 24.2 Å². The van der Waals surface area contributed by atoms with E-state index in [9.17, 15) is 9.90 Å². The van der Waals surface area contributed by atoms with E-state index in [0.29, 0.717) is 25.3 Å². The highest BCUT2D eigenvalue weighted by Gasteiger charge is 2.09. The smallest absolute Gasteiger partial charge is 0.314 e. The van der Waals surface area contributed by atoms with Crippen LogP contribution in [0, 0.1) is 0 Å². The number of furan rings is 1. The van der Waals surface area contributed by atoms with Gasteiger partial charge in [0.1, 0.15) is 11.9 Å². The van der Waals surface area contributed by atoms with Gasteiger partial charge in [-0.1, -0.05) is 0 Å². The minimum absolute atomic E-state index is 0.218. The average Bonchev–Trinajstić information content (AvgIpc) is 2.70. The van der Waals surface area contributed by atoms with E-state index in [1.54, 1.807) is 12.1 Å². The zero-order chi connectivity index (χ0) is 11.1. The van der Waals surface area contributed by atoms with Crippen LogP contribution in [0.15, 0.2) is 22.8 Å². The van der Waals surface area contributed by atoms with E-state index in [1.165, 1.54) is 6.26 Å². The van der Waals surface area contributed by atoms with Gasteiger partial charge in [-0.05, 0) is 25.5 Å². The van der Waals surface area contributed by atoms with Crippen LogP contribution < -0.4 is 10.6 Å². The van der Waals surface area contributed by atoms with Crippen LogP contribution in [0.3, 0.4) is 0 Å². The molecule has 1 aromatic rings. The Hall–Kier alpha value is -1.49. The molecule has 0 aliphatic carbocycles. The van der Waals surface area contributed by atoms with E-state index < -0.39 is 6.10 Å². The quantitative estimate of drug-likeness (QED) is 0.682. The molecule has 1 unspecified atom stereocenters. The number of hydrogen-bond acceptors (Lipinski definition) is 3. The third kappa shape index (κ3) is 4.03. The second-order valence-corrected chi connectivity index (χ2v) is 3.11. The molecule has 0 aromatic carbocycles. The van der Waals surface area contributed by atoms with Crippen molar-refractivity contribution in [1.29, 1.82) is 0 Å². The van der Waals surface area contributed by atoms with Crippen LogP contribution in [0.2, 0.25) is 0 Å². The SMILES string of the molecule is CCNC(=O)NCCC(O)c1ccco1. The number of hydrogen-bond donors (Lipinski definition) is 3. The van der Waals surface area contributed by atoms with Crippen molar-refractivity contribution in [1.82, 2.24) is 10.6 Å². The van der Waals surface area contributed by atoms with Gasteiger partial charge in [0.2, 0.25) is 0 Å². The van der Waals surface area contributed by atoms with E-state index in [4.69, 9.17) is 4.42 Å². The molecule has 1 heterocycles. The first-order valence-electron chi connectivity index (χ1n) is 4.97. The van der Waals surface area contributed by atoms with Crippen molar-refractivity contribution in [3.8, 4) is 0 Å². The number of carbonyl (C=O) groups excluding carboxylic acids is 1. The van der Waals surface area contributed by atoms with E-state index in [2.05, 4.69) is 10.6 Å². The predicted molar refractivity (Wildman–Crippen MR) is 55.4 cm³/mol. The lowest BCUT2D eigenvalue weighted by Crippen LogP contribution is -2.36. The summed E-state index contributed by atoms with van der Waals surface area (Å²) in [5, 5.41) is 14.8. The van der Waals surface area contributed by atoms with Crippen molar-refractivity contribution < 1.29 is 14.3 Å². The predicted octanol–water partition coefficient (Wildman–Crippen LogP) is 1.02. The Morgan fingerprint density at radius 3 is 3.00 bits per heavy atom. The Labute approximate surface area is 88.5 Å². The van der Waals surface area contributed by atoms with Gasteiger partial charge in [0, 0.05) is 13.1 Å². The number of amides is 2. The second-order valence-electron chi connectivity index (χ2n) is 3.11. The lowest BCUT2D eigenvalue weighted by molar-refractivity contribution is 0.140. The van der Waals surface area contributed by atoms with Gasteiger partial charge in [-0.2, -0.15) is 0 Å². The van der Waals surface area contributed by atoms with Crippen LogP contribution in [-0.4, -0.2) is 24.2 Å². The molecule has 0 aliphatic heterocycles. The Bertz CT molecular complexity index is 285. The van der Waals surface area contributed by atoms with Crippen LogP contribution >= 0.6 is 0 Å². The topological polar surface area (TPSA) is 74.5 Å². The van der Waals surface area contributed by atoms with Gasteiger partial charge >= 0.3 is 6.03 Å². The Kier molecular flexibility index (Phi) is 4.70. The molecule has 0 radical (unpaired) electrons. The number of aliphatic hydroxyl groups is 1. The first-order valence-corrected chi connectivity index (χ1v) is 4.97. The monoisotopic (exact) mass is 212 g/mol. The minimum Gasteiger partial charge on any atom is -0.467 e. The van der Waals surface area contributed by atoms with Crippen molar-refractivity contribution in [3.63, 3.8) is 0 Å². The van der Waals surface area contributed by atoms with Gasteiger partial charge in [0.15, 0.2) is 0 Å². The van der Waals surface area contributed by atoms with Gasteiger partial charge in [0.25, 0.3) is 0 Å².